The largest absolute Gasteiger partial charge is 0.484 e. The number of carbonyl (C=O) groups excluding carboxylic acids is 1. The predicted molar refractivity (Wildman–Crippen MR) is 109 cm³/mol. The molecule has 1 aromatic heterocycles. The highest BCUT2D eigenvalue weighted by Gasteiger charge is 2.20. The van der Waals surface area contributed by atoms with Crippen LogP contribution in [-0.4, -0.2) is 35.5 Å². The van der Waals surface area contributed by atoms with Crippen molar-refractivity contribution >= 4 is 45.6 Å². The van der Waals surface area contributed by atoms with Crippen LogP contribution in [0, 0.1) is 0 Å². The Labute approximate surface area is 167 Å². The average molecular weight is 401 g/mol. The number of hydrogen-bond acceptors (Lipinski definition) is 2. The fourth-order valence-electron chi connectivity index (χ4n) is 3.27. The number of amides is 1. The number of H-pyrrole nitrogens is 1. The summed E-state index contributed by atoms with van der Waals surface area (Å²) in [5.74, 6) is 0.610. The second-order valence-corrected chi connectivity index (χ2v) is 7.33. The van der Waals surface area contributed by atoms with Gasteiger partial charge in [0.2, 0.25) is 0 Å². The molecule has 0 bridgehead atoms. The highest BCUT2D eigenvalue weighted by atomic mass is 35.5. The van der Waals surface area contributed by atoms with Crippen LogP contribution in [0.25, 0.3) is 16.5 Å². The smallest absolute Gasteiger partial charge is 0.260 e. The molecule has 1 aliphatic rings. The topological polar surface area (TPSA) is 45.3 Å². The standard InChI is InChI=1S/C21H18Cl2N2O2/c22-15-1-4-17(5-2-15)27-13-21(26)25-9-7-14(8-10-25)19-12-24-20-6-3-16(23)11-18(19)20/h1-7,11-12,24H,8-10,13H2. The second-order valence-electron chi connectivity index (χ2n) is 6.45. The number of rotatable bonds is 4. The lowest BCUT2D eigenvalue weighted by Gasteiger charge is -2.26. The van der Waals surface area contributed by atoms with E-state index in [9.17, 15) is 4.79 Å². The van der Waals surface area contributed by atoms with Crippen molar-refractivity contribution in [3.05, 3.63) is 70.3 Å². The van der Waals surface area contributed by atoms with E-state index in [1.165, 1.54) is 5.57 Å². The van der Waals surface area contributed by atoms with Gasteiger partial charge >= 0.3 is 0 Å². The first-order chi connectivity index (χ1) is 13.1. The lowest BCUT2D eigenvalue weighted by Crippen LogP contribution is -2.37. The van der Waals surface area contributed by atoms with Gasteiger partial charge in [-0.2, -0.15) is 0 Å². The number of halogens is 2. The monoisotopic (exact) mass is 400 g/mol. The van der Waals surface area contributed by atoms with E-state index in [-0.39, 0.29) is 12.5 Å². The number of nitrogens with one attached hydrogen (secondary N) is 1. The van der Waals surface area contributed by atoms with Crippen LogP contribution < -0.4 is 4.74 Å². The van der Waals surface area contributed by atoms with Crippen LogP contribution in [0.15, 0.2) is 54.7 Å². The maximum Gasteiger partial charge on any atom is 0.260 e. The van der Waals surface area contributed by atoms with Crippen molar-refractivity contribution in [3.8, 4) is 5.75 Å². The third kappa shape index (κ3) is 3.97. The van der Waals surface area contributed by atoms with Crippen molar-refractivity contribution in [1.82, 2.24) is 9.88 Å². The zero-order valence-corrected chi connectivity index (χ0v) is 16.1. The summed E-state index contributed by atoms with van der Waals surface area (Å²) in [5, 5.41) is 2.47. The summed E-state index contributed by atoms with van der Waals surface area (Å²) in [6.07, 6.45) is 4.91. The highest BCUT2D eigenvalue weighted by molar-refractivity contribution is 6.31. The summed E-state index contributed by atoms with van der Waals surface area (Å²) in [5.41, 5.74) is 3.44. The molecular weight excluding hydrogens is 383 g/mol. The maximum absolute atomic E-state index is 12.4. The van der Waals surface area contributed by atoms with E-state index in [1.807, 2.05) is 24.4 Å². The molecule has 138 valence electrons. The molecule has 1 N–H and O–H groups in total. The molecule has 27 heavy (non-hydrogen) atoms. The summed E-state index contributed by atoms with van der Waals surface area (Å²) in [6.45, 7) is 1.26. The van der Waals surface area contributed by atoms with Gasteiger partial charge in [0, 0.05) is 45.8 Å². The van der Waals surface area contributed by atoms with Gasteiger partial charge in [-0.1, -0.05) is 29.3 Å². The van der Waals surface area contributed by atoms with E-state index < -0.39 is 0 Å². The summed E-state index contributed by atoms with van der Waals surface area (Å²) in [4.78, 5) is 17.5. The molecule has 2 aromatic carbocycles. The molecule has 3 aromatic rings. The number of ether oxygens (including phenoxy) is 1. The fraction of sp³-hybridized carbons (Fsp3) is 0.190. The molecule has 4 nitrogen and oxygen atoms in total. The Balaban J connectivity index is 1.41. The van der Waals surface area contributed by atoms with Crippen LogP contribution in [0.5, 0.6) is 5.75 Å². The number of aromatic amines is 1. The van der Waals surface area contributed by atoms with Crippen molar-refractivity contribution < 1.29 is 9.53 Å². The van der Waals surface area contributed by atoms with Crippen LogP contribution in [0.2, 0.25) is 10.0 Å². The van der Waals surface area contributed by atoms with E-state index in [4.69, 9.17) is 27.9 Å². The second kappa shape index (κ2) is 7.67. The highest BCUT2D eigenvalue weighted by Crippen LogP contribution is 2.31. The predicted octanol–water partition coefficient (Wildman–Crippen LogP) is 5.17. The number of aromatic nitrogens is 1. The minimum atomic E-state index is -0.0257. The van der Waals surface area contributed by atoms with Gasteiger partial charge in [0.05, 0.1) is 0 Å². The SMILES string of the molecule is O=C(COc1ccc(Cl)cc1)N1CC=C(c2c[nH]c3ccc(Cl)cc23)CC1. The van der Waals surface area contributed by atoms with Gasteiger partial charge in [-0.3, -0.25) is 4.79 Å². The Kier molecular flexibility index (Phi) is 5.10. The molecule has 4 rings (SSSR count). The average Bonchev–Trinajstić information content (AvgIpc) is 3.10. The van der Waals surface area contributed by atoms with Crippen molar-refractivity contribution in [1.29, 1.82) is 0 Å². The Hall–Kier alpha value is -2.43. The Morgan fingerprint density at radius 2 is 1.89 bits per heavy atom. The van der Waals surface area contributed by atoms with Crippen LogP contribution in [0.1, 0.15) is 12.0 Å². The first-order valence-corrected chi connectivity index (χ1v) is 9.48. The van der Waals surface area contributed by atoms with Crippen molar-refractivity contribution in [2.75, 3.05) is 19.7 Å². The zero-order valence-electron chi connectivity index (χ0n) is 14.5. The van der Waals surface area contributed by atoms with Crippen LogP contribution in [-0.2, 0) is 4.79 Å². The van der Waals surface area contributed by atoms with Gasteiger partial charge in [0.15, 0.2) is 6.61 Å². The molecule has 0 fully saturated rings. The van der Waals surface area contributed by atoms with Gasteiger partial charge in [0.25, 0.3) is 5.91 Å². The number of carbonyl (C=O) groups is 1. The molecule has 2 heterocycles. The molecule has 0 atom stereocenters. The number of nitrogens with zero attached hydrogens (tertiary/aromatic N) is 1. The molecule has 0 spiro atoms. The van der Waals surface area contributed by atoms with E-state index in [0.717, 1.165) is 27.9 Å². The molecule has 1 aliphatic heterocycles. The van der Waals surface area contributed by atoms with Crippen molar-refractivity contribution in [2.45, 2.75) is 6.42 Å². The molecule has 0 saturated carbocycles. The summed E-state index contributed by atoms with van der Waals surface area (Å²) >= 11 is 12.0. The Morgan fingerprint density at radius 1 is 1.11 bits per heavy atom. The Bertz CT molecular complexity index is 1010. The fourth-order valence-corrected chi connectivity index (χ4v) is 3.56. The first kappa shape index (κ1) is 18.0. The molecule has 0 aliphatic carbocycles. The van der Waals surface area contributed by atoms with Crippen LogP contribution in [0.4, 0.5) is 0 Å². The Morgan fingerprint density at radius 3 is 2.63 bits per heavy atom. The van der Waals surface area contributed by atoms with Gasteiger partial charge < -0.3 is 14.6 Å². The van der Waals surface area contributed by atoms with Crippen LogP contribution in [0.3, 0.4) is 0 Å². The van der Waals surface area contributed by atoms with Gasteiger partial charge in [-0.15, -0.1) is 0 Å². The lowest BCUT2D eigenvalue weighted by atomic mass is 9.99. The van der Waals surface area contributed by atoms with E-state index in [0.29, 0.717) is 23.9 Å². The van der Waals surface area contributed by atoms with E-state index in [1.54, 1.807) is 29.2 Å². The third-order valence-corrected chi connectivity index (χ3v) is 5.21. The number of fused-ring (bicyclic) bond motifs is 1. The molecule has 0 saturated heterocycles. The number of benzene rings is 2. The normalized spacial score (nSPS) is 14.3. The molecule has 6 heteroatoms. The third-order valence-electron chi connectivity index (χ3n) is 4.73. The zero-order chi connectivity index (χ0) is 18.8. The molecular formula is C21H18Cl2N2O2. The summed E-state index contributed by atoms with van der Waals surface area (Å²) in [7, 11) is 0. The molecule has 1 amide bonds. The maximum atomic E-state index is 12.4. The van der Waals surface area contributed by atoms with Crippen LogP contribution >= 0.6 is 23.2 Å². The van der Waals surface area contributed by atoms with Crippen molar-refractivity contribution in [2.24, 2.45) is 0 Å². The quantitative estimate of drug-likeness (QED) is 0.656. The van der Waals surface area contributed by atoms with Crippen molar-refractivity contribution in [3.63, 3.8) is 0 Å². The van der Waals surface area contributed by atoms with Gasteiger partial charge in [-0.05, 0) is 54.5 Å². The van der Waals surface area contributed by atoms with Gasteiger partial charge in [0.1, 0.15) is 5.75 Å². The van der Waals surface area contributed by atoms with Gasteiger partial charge in [-0.25, -0.2) is 0 Å². The minimum Gasteiger partial charge on any atom is -0.484 e. The lowest BCUT2D eigenvalue weighted by molar-refractivity contribution is -0.132. The molecule has 0 unspecified atom stereocenters. The summed E-state index contributed by atoms with van der Waals surface area (Å²) in [6, 6.07) is 12.8. The minimum absolute atomic E-state index is 0.0213. The first-order valence-electron chi connectivity index (χ1n) is 8.72. The summed E-state index contributed by atoms with van der Waals surface area (Å²) < 4.78 is 5.56. The molecule has 0 radical (unpaired) electrons. The number of hydrogen-bond donors (Lipinski definition) is 1. The van der Waals surface area contributed by atoms with E-state index >= 15 is 0 Å². The van der Waals surface area contributed by atoms with E-state index in [2.05, 4.69) is 11.1 Å².